The van der Waals surface area contributed by atoms with Gasteiger partial charge in [0.15, 0.2) is 0 Å². The first-order valence-electron chi connectivity index (χ1n) is 6.46. The first-order valence-corrected chi connectivity index (χ1v) is 6.46. The molecule has 4 nitrogen and oxygen atoms in total. The fourth-order valence-corrected chi connectivity index (χ4v) is 2.37. The molecule has 0 radical (unpaired) electrons. The van der Waals surface area contributed by atoms with Crippen molar-refractivity contribution in [2.75, 3.05) is 18.0 Å². The molecular formula is C14H20N2O2. The number of amides is 1. The van der Waals surface area contributed by atoms with Crippen LogP contribution in [0.3, 0.4) is 0 Å². The normalized spacial score (nSPS) is 21.6. The number of piperazine rings is 1. The second-order valence-corrected chi connectivity index (χ2v) is 4.68. The summed E-state index contributed by atoms with van der Waals surface area (Å²) in [7, 11) is 0. The molecule has 2 unspecified atom stereocenters. The molecule has 0 bridgehead atoms. The predicted molar refractivity (Wildman–Crippen MR) is 71.5 cm³/mol. The quantitative estimate of drug-likeness (QED) is 0.851. The van der Waals surface area contributed by atoms with Crippen molar-refractivity contribution < 1.29 is 9.90 Å². The molecule has 0 aliphatic carbocycles. The number of benzene rings is 1. The highest BCUT2D eigenvalue weighted by Crippen LogP contribution is 2.23. The maximum Gasteiger partial charge on any atom is 0.242 e. The molecular weight excluding hydrogens is 228 g/mol. The van der Waals surface area contributed by atoms with E-state index in [1.54, 1.807) is 6.92 Å². The third kappa shape index (κ3) is 2.48. The topological polar surface area (TPSA) is 52.6 Å². The minimum absolute atomic E-state index is 0.0869. The van der Waals surface area contributed by atoms with Crippen molar-refractivity contribution in [3.05, 3.63) is 29.8 Å². The molecule has 1 heterocycles. The summed E-state index contributed by atoms with van der Waals surface area (Å²) in [4.78, 5) is 13.9. The van der Waals surface area contributed by atoms with Crippen LogP contribution in [-0.2, 0) is 4.79 Å². The summed E-state index contributed by atoms with van der Waals surface area (Å²) in [5.74, 6) is 0.100. The average Bonchev–Trinajstić information content (AvgIpc) is 2.38. The molecule has 1 aromatic carbocycles. The van der Waals surface area contributed by atoms with Crippen LogP contribution in [0.15, 0.2) is 24.3 Å². The largest absolute Gasteiger partial charge is 0.389 e. The van der Waals surface area contributed by atoms with Gasteiger partial charge >= 0.3 is 0 Å². The highest BCUT2D eigenvalue weighted by molar-refractivity contribution is 5.86. The van der Waals surface area contributed by atoms with Gasteiger partial charge in [0.25, 0.3) is 0 Å². The van der Waals surface area contributed by atoms with Gasteiger partial charge in [0.2, 0.25) is 5.91 Å². The molecule has 1 aromatic rings. The van der Waals surface area contributed by atoms with Crippen LogP contribution in [0.5, 0.6) is 0 Å². The number of anilines is 1. The Morgan fingerprint density at radius 3 is 2.67 bits per heavy atom. The third-order valence-corrected chi connectivity index (χ3v) is 3.42. The number of carbonyl (C=O) groups is 1. The van der Waals surface area contributed by atoms with Crippen LogP contribution in [0.2, 0.25) is 0 Å². The molecule has 0 spiro atoms. The van der Waals surface area contributed by atoms with Gasteiger partial charge in [-0.25, -0.2) is 0 Å². The van der Waals surface area contributed by atoms with Crippen LogP contribution >= 0.6 is 0 Å². The van der Waals surface area contributed by atoms with E-state index in [0.29, 0.717) is 6.54 Å². The predicted octanol–water partition coefficient (Wildman–Crippen LogP) is 1.45. The van der Waals surface area contributed by atoms with E-state index in [1.807, 2.05) is 31.2 Å². The number of aliphatic hydroxyl groups is 1. The minimum atomic E-state index is -0.453. The van der Waals surface area contributed by atoms with Crippen molar-refractivity contribution >= 4 is 11.6 Å². The maximum absolute atomic E-state index is 11.8. The number of aliphatic hydroxyl groups excluding tert-OH is 1. The van der Waals surface area contributed by atoms with Crippen LogP contribution in [0, 0.1) is 0 Å². The smallest absolute Gasteiger partial charge is 0.242 e. The van der Waals surface area contributed by atoms with Crippen molar-refractivity contribution in [3.8, 4) is 0 Å². The standard InChI is InChI=1S/C14H20N2O2/c1-3-13-14(18)15-8-9-16(13)12-6-4-11(5-7-12)10(2)17/h4-7,10,13,17H,3,8-9H2,1-2H3,(H,15,18). The Kier molecular flexibility index (Phi) is 3.87. The van der Waals surface area contributed by atoms with Gasteiger partial charge in [0, 0.05) is 18.8 Å². The highest BCUT2D eigenvalue weighted by Gasteiger charge is 2.27. The fraction of sp³-hybridized carbons (Fsp3) is 0.500. The van der Waals surface area contributed by atoms with Crippen LogP contribution in [0.1, 0.15) is 31.9 Å². The maximum atomic E-state index is 11.8. The Balaban J connectivity index is 2.21. The van der Waals surface area contributed by atoms with Crippen molar-refractivity contribution in [3.63, 3.8) is 0 Å². The van der Waals surface area contributed by atoms with E-state index >= 15 is 0 Å². The van der Waals surface area contributed by atoms with Crippen LogP contribution < -0.4 is 10.2 Å². The van der Waals surface area contributed by atoms with Gasteiger partial charge in [-0.15, -0.1) is 0 Å². The first kappa shape index (κ1) is 12.9. The SMILES string of the molecule is CCC1C(=O)NCCN1c1ccc(C(C)O)cc1. The molecule has 18 heavy (non-hydrogen) atoms. The Labute approximate surface area is 108 Å². The van der Waals surface area contributed by atoms with Gasteiger partial charge in [0.05, 0.1) is 6.10 Å². The summed E-state index contributed by atoms with van der Waals surface area (Å²) in [5, 5.41) is 12.4. The second kappa shape index (κ2) is 5.40. The number of rotatable bonds is 3. The number of hydrogen-bond acceptors (Lipinski definition) is 3. The Morgan fingerprint density at radius 1 is 1.44 bits per heavy atom. The zero-order chi connectivity index (χ0) is 13.1. The van der Waals surface area contributed by atoms with Crippen molar-refractivity contribution in [2.45, 2.75) is 32.4 Å². The van der Waals surface area contributed by atoms with Crippen molar-refractivity contribution in [2.24, 2.45) is 0 Å². The molecule has 2 N–H and O–H groups in total. The Morgan fingerprint density at radius 2 is 2.11 bits per heavy atom. The minimum Gasteiger partial charge on any atom is -0.389 e. The van der Waals surface area contributed by atoms with E-state index < -0.39 is 6.10 Å². The lowest BCUT2D eigenvalue weighted by molar-refractivity contribution is -0.123. The van der Waals surface area contributed by atoms with Gasteiger partial charge in [-0.3, -0.25) is 4.79 Å². The average molecular weight is 248 g/mol. The van der Waals surface area contributed by atoms with Crippen molar-refractivity contribution in [1.82, 2.24) is 5.32 Å². The highest BCUT2D eigenvalue weighted by atomic mass is 16.3. The molecule has 2 rings (SSSR count). The van der Waals surface area contributed by atoms with Gasteiger partial charge in [0.1, 0.15) is 6.04 Å². The summed E-state index contributed by atoms with van der Waals surface area (Å²) in [5.41, 5.74) is 1.94. The molecule has 4 heteroatoms. The second-order valence-electron chi connectivity index (χ2n) is 4.68. The molecule has 1 saturated heterocycles. The molecule has 1 fully saturated rings. The van der Waals surface area contributed by atoms with Gasteiger partial charge in [-0.05, 0) is 31.0 Å². The van der Waals surface area contributed by atoms with Crippen LogP contribution in [-0.4, -0.2) is 30.1 Å². The lowest BCUT2D eigenvalue weighted by atomic mass is 10.1. The van der Waals surface area contributed by atoms with E-state index in [1.165, 1.54) is 0 Å². The number of carbonyl (C=O) groups excluding carboxylic acids is 1. The third-order valence-electron chi connectivity index (χ3n) is 3.42. The van der Waals surface area contributed by atoms with Gasteiger partial charge in [-0.2, -0.15) is 0 Å². The van der Waals surface area contributed by atoms with Crippen molar-refractivity contribution in [1.29, 1.82) is 0 Å². The van der Waals surface area contributed by atoms with E-state index in [4.69, 9.17) is 0 Å². The molecule has 1 amide bonds. The Bertz CT molecular complexity index is 414. The summed E-state index contributed by atoms with van der Waals surface area (Å²) in [6, 6.07) is 7.70. The molecule has 1 aliphatic rings. The van der Waals surface area contributed by atoms with Gasteiger partial charge < -0.3 is 15.3 Å². The van der Waals surface area contributed by atoms with E-state index in [2.05, 4.69) is 10.2 Å². The molecule has 0 aromatic heterocycles. The van der Waals surface area contributed by atoms with Crippen LogP contribution in [0.25, 0.3) is 0 Å². The first-order chi connectivity index (χ1) is 8.63. The lowest BCUT2D eigenvalue weighted by Crippen LogP contribution is -2.55. The Hall–Kier alpha value is -1.55. The lowest BCUT2D eigenvalue weighted by Gasteiger charge is -2.36. The van der Waals surface area contributed by atoms with Gasteiger partial charge in [-0.1, -0.05) is 19.1 Å². The van der Waals surface area contributed by atoms with E-state index in [-0.39, 0.29) is 11.9 Å². The zero-order valence-electron chi connectivity index (χ0n) is 10.9. The molecule has 98 valence electrons. The van der Waals surface area contributed by atoms with E-state index in [0.717, 1.165) is 24.2 Å². The fourth-order valence-electron chi connectivity index (χ4n) is 2.37. The number of nitrogens with one attached hydrogen (secondary N) is 1. The molecule has 2 atom stereocenters. The summed E-state index contributed by atoms with van der Waals surface area (Å²) in [6.45, 7) is 5.29. The summed E-state index contributed by atoms with van der Waals surface area (Å²) < 4.78 is 0. The van der Waals surface area contributed by atoms with Crippen LogP contribution in [0.4, 0.5) is 5.69 Å². The van der Waals surface area contributed by atoms with E-state index in [9.17, 15) is 9.90 Å². The monoisotopic (exact) mass is 248 g/mol. The summed E-state index contributed by atoms with van der Waals surface area (Å²) >= 11 is 0. The number of hydrogen-bond donors (Lipinski definition) is 2. The molecule has 1 aliphatic heterocycles. The summed E-state index contributed by atoms with van der Waals surface area (Å²) in [6.07, 6.45) is 0.343. The number of nitrogens with zero attached hydrogens (tertiary/aromatic N) is 1. The molecule has 0 saturated carbocycles. The zero-order valence-corrected chi connectivity index (χ0v) is 10.9.